The van der Waals surface area contributed by atoms with Crippen molar-refractivity contribution in [3.63, 3.8) is 0 Å². The first-order chi connectivity index (χ1) is 7.99. The number of hydrogen-bond acceptors (Lipinski definition) is 2. The molecule has 0 aliphatic rings. The predicted molar refractivity (Wildman–Crippen MR) is 75.1 cm³/mol. The van der Waals surface area contributed by atoms with Gasteiger partial charge in [-0.2, -0.15) is 0 Å². The molecule has 0 aliphatic heterocycles. The lowest BCUT2D eigenvalue weighted by molar-refractivity contribution is -0.121. The fraction of sp³-hybridized carbons (Fsp3) is 0.462. The van der Waals surface area contributed by atoms with E-state index in [9.17, 15) is 4.79 Å². The molecule has 0 saturated heterocycles. The van der Waals surface area contributed by atoms with Crippen molar-refractivity contribution in [1.82, 2.24) is 5.32 Å². The molecule has 1 atom stereocenters. The highest BCUT2D eigenvalue weighted by Crippen LogP contribution is 2.16. The predicted octanol–water partition coefficient (Wildman–Crippen LogP) is 3.02. The summed E-state index contributed by atoms with van der Waals surface area (Å²) in [6.45, 7) is 6.72. The summed E-state index contributed by atoms with van der Waals surface area (Å²) in [5.74, 6) is 0.496. The van der Waals surface area contributed by atoms with Gasteiger partial charge in [0.25, 0.3) is 0 Å². The van der Waals surface area contributed by atoms with Crippen LogP contribution in [0.5, 0.6) is 0 Å². The van der Waals surface area contributed by atoms with Crippen LogP contribution in [0.15, 0.2) is 28.7 Å². The summed E-state index contributed by atoms with van der Waals surface area (Å²) >= 11 is 3.40. The van der Waals surface area contributed by atoms with Crippen molar-refractivity contribution >= 4 is 27.5 Å². The molecule has 1 rings (SSSR count). The molecule has 94 valence electrons. The quantitative estimate of drug-likeness (QED) is 0.877. The summed E-state index contributed by atoms with van der Waals surface area (Å²) in [6.07, 6.45) is 0. The lowest BCUT2D eigenvalue weighted by Gasteiger charge is -2.16. The van der Waals surface area contributed by atoms with Crippen molar-refractivity contribution in [2.45, 2.75) is 26.8 Å². The van der Waals surface area contributed by atoms with E-state index in [0.717, 1.165) is 10.2 Å². The molecule has 1 amide bonds. The summed E-state index contributed by atoms with van der Waals surface area (Å²) in [5, 5.41) is 6.07. The molecule has 2 N–H and O–H groups in total. The molecular weight excluding hydrogens is 280 g/mol. The Kier molecular flexibility index (Phi) is 5.48. The Balaban J connectivity index is 2.48. The zero-order valence-electron chi connectivity index (χ0n) is 10.5. The summed E-state index contributed by atoms with van der Waals surface area (Å²) in [6, 6.07) is 7.55. The van der Waals surface area contributed by atoms with Crippen molar-refractivity contribution in [3.05, 3.63) is 28.7 Å². The number of halogens is 1. The maximum atomic E-state index is 11.8. The minimum atomic E-state index is -0.233. The van der Waals surface area contributed by atoms with E-state index >= 15 is 0 Å². The topological polar surface area (TPSA) is 41.1 Å². The maximum Gasteiger partial charge on any atom is 0.242 e. The molecule has 1 aromatic rings. The van der Waals surface area contributed by atoms with Gasteiger partial charge >= 0.3 is 0 Å². The third-order valence-corrected chi connectivity index (χ3v) is 2.78. The molecular formula is C13H19BrN2O. The largest absolute Gasteiger partial charge is 0.374 e. The molecule has 0 radical (unpaired) electrons. The van der Waals surface area contributed by atoms with Crippen molar-refractivity contribution < 1.29 is 4.79 Å². The molecule has 0 heterocycles. The molecule has 4 heteroatoms. The highest BCUT2D eigenvalue weighted by atomic mass is 79.9. The molecule has 0 fully saturated rings. The van der Waals surface area contributed by atoms with Crippen LogP contribution in [0, 0.1) is 5.92 Å². The van der Waals surface area contributed by atoms with E-state index in [1.807, 2.05) is 31.2 Å². The normalized spacial score (nSPS) is 12.3. The van der Waals surface area contributed by atoms with Gasteiger partial charge in [-0.15, -0.1) is 0 Å². The second-order valence-corrected chi connectivity index (χ2v) is 5.43. The van der Waals surface area contributed by atoms with Crippen LogP contribution in [0.3, 0.4) is 0 Å². The lowest BCUT2D eigenvalue weighted by Crippen LogP contribution is -2.39. The van der Waals surface area contributed by atoms with Gasteiger partial charge in [-0.05, 0) is 31.0 Å². The number of amides is 1. The number of carbonyl (C=O) groups excluding carboxylic acids is 1. The third kappa shape index (κ3) is 5.22. The maximum absolute atomic E-state index is 11.8. The molecule has 0 spiro atoms. The third-order valence-electron chi connectivity index (χ3n) is 2.29. The van der Waals surface area contributed by atoms with E-state index in [4.69, 9.17) is 0 Å². The van der Waals surface area contributed by atoms with Crippen molar-refractivity contribution in [1.29, 1.82) is 0 Å². The van der Waals surface area contributed by atoms with Gasteiger partial charge < -0.3 is 10.6 Å². The van der Waals surface area contributed by atoms with Gasteiger partial charge in [-0.3, -0.25) is 4.79 Å². The van der Waals surface area contributed by atoms with Crippen molar-refractivity contribution in [3.8, 4) is 0 Å². The van der Waals surface area contributed by atoms with Crippen LogP contribution in [0.4, 0.5) is 5.69 Å². The van der Waals surface area contributed by atoms with Crippen LogP contribution in [0.1, 0.15) is 20.8 Å². The van der Waals surface area contributed by atoms with E-state index in [1.165, 1.54) is 0 Å². The first kappa shape index (κ1) is 14.0. The number of benzene rings is 1. The first-order valence-electron chi connectivity index (χ1n) is 5.79. The number of rotatable bonds is 5. The highest BCUT2D eigenvalue weighted by molar-refractivity contribution is 9.10. The second kappa shape index (κ2) is 6.64. The highest BCUT2D eigenvalue weighted by Gasteiger charge is 2.12. The fourth-order valence-electron chi connectivity index (χ4n) is 1.35. The van der Waals surface area contributed by atoms with Crippen LogP contribution in [0.2, 0.25) is 0 Å². The Morgan fingerprint density at radius 1 is 1.35 bits per heavy atom. The molecule has 0 unspecified atom stereocenters. The van der Waals surface area contributed by atoms with Gasteiger partial charge in [0.15, 0.2) is 0 Å². The first-order valence-corrected chi connectivity index (χ1v) is 6.58. The van der Waals surface area contributed by atoms with E-state index < -0.39 is 0 Å². The average Bonchev–Trinajstić information content (AvgIpc) is 2.25. The van der Waals surface area contributed by atoms with Crippen LogP contribution in [0.25, 0.3) is 0 Å². The van der Waals surface area contributed by atoms with Gasteiger partial charge in [-0.25, -0.2) is 0 Å². The van der Waals surface area contributed by atoms with Crippen LogP contribution in [-0.2, 0) is 4.79 Å². The van der Waals surface area contributed by atoms with Crippen LogP contribution >= 0.6 is 15.9 Å². The standard InChI is InChI=1S/C13H19BrN2O/c1-9(2)8-15-13(17)10(3)16-12-6-4-5-11(14)7-12/h4-7,9-10,16H,8H2,1-3H3,(H,15,17)/t10-/m0/s1. The minimum Gasteiger partial charge on any atom is -0.374 e. The summed E-state index contributed by atoms with van der Waals surface area (Å²) in [5.41, 5.74) is 0.937. The second-order valence-electron chi connectivity index (χ2n) is 4.52. The smallest absolute Gasteiger partial charge is 0.242 e. The van der Waals surface area contributed by atoms with E-state index in [-0.39, 0.29) is 11.9 Å². The van der Waals surface area contributed by atoms with E-state index in [1.54, 1.807) is 0 Å². The molecule has 0 aromatic heterocycles. The van der Waals surface area contributed by atoms with Crippen molar-refractivity contribution in [2.75, 3.05) is 11.9 Å². The molecule has 3 nitrogen and oxygen atoms in total. The Morgan fingerprint density at radius 3 is 2.65 bits per heavy atom. The number of carbonyl (C=O) groups is 1. The van der Waals surface area contributed by atoms with Crippen LogP contribution < -0.4 is 10.6 Å². The van der Waals surface area contributed by atoms with E-state index in [0.29, 0.717) is 12.5 Å². The van der Waals surface area contributed by atoms with Gasteiger partial charge in [-0.1, -0.05) is 35.8 Å². The summed E-state index contributed by atoms with van der Waals surface area (Å²) < 4.78 is 0.997. The lowest BCUT2D eigenvalue weighted by atomic mass is 10.2. The average molecular weight is 299 g/mol. The van der Waals surface area contributed by atoms with E-state index in [2.05, 4.69) is 40.4 Å². The zero-order valence-corrected chi connectivity index (χ0v) is 12.0. The monoisotopic (exact) mass is 298 g/mol. The Labute approximate surface area is 111 Å². The van der Waals surface area contributed by atoms with Gasteiger partial charge in [0.2, 0.25) is 5.91 Å². The molecule has 0 bridgehead atoms. The number of nitrogens with one attached hydrogen (secondary N) is 2. The van der Waals surface area contributed by atoms with Gasteiger partial charge in [0, 0.05) is 16.7 Å². The molecule has 0 aliphatic carbocycles. The molecule has 17 heavy (non-hydrogen) atoms. The zero-order chi connectivity index (χ0) is 12.8. The van der Waals surface area contributed by atoms with Gasteiger partial charge in [0.1, 0.15) is 6.04 Å². The fourth-order valence-corrected chi connectivity index (χ4v) is 1.75. The molecule has 1 aromatic carbocycles. The minimum absolute atomic E-state index is 0.0266. The molecule has 0 saturated carbocycles. The summed E-state index contributed by atoms with van der Waals surface area (Å²) in [4.78, 5) is 11.8. The Bertz CT molecular complexity index is 379. The van der Waals surface area contributed by atoms with Crippen molar-refractivity contribution in [2.24, 2.45) is 5.92 Å². The number of hydrogen-bond donors (Lipinski definition) is 2. The Morgan fingerprint density at radius 2 is 2.06 bits per heavy atom. The SMILES string of the molecule is CC(C)CNC(=O)[C@H](C)Nc1cccc(Br)c1. The summed E-state index contributed by atoms with van der Waals surface area (Å²) in [7, 11) is 0. The van der Waals surface area contributed by atoms with Crippen LogP contribution in [-0.4, -0.2) is 18.5 Å². The number of anilines is 1. The Hall–Kier alpha value is -1.03. The van der Waals surface area contributed by atoms with Gasteiger partial charge in [0.05, 0.1) is 0 Å².